The molecule has 2 nitrogen and oxygen atoms in total. The van der Waals surface area contributed by atoms with Gasteiger partial charge in [0.2, 0.25) is 0 Å². The molecule has 1 N–H and O–H groups in total. The molecule has 1 saturated heterocycles. The van der Waals surface area contributed by atoms with Gasteiger partial charge in [-0.3, -0.25) is 4.90 Å². The molecule has 0 saturated carbocycles. The van der Waals surface area contributed by atoms with Crippen molar-refractivity contribution >= 4 is 22.9 Å². The number of nitrogens with one attached hydrogen (secondary N) is 1. The maximum Gasteiger partial charge on any atom is 0.0931 e. The Morgan fingerprint density at radius 2 is 1.90 bits per heavy atom. The smallest absolute Gasteiger partial charge is 0.0931 e. The second-order valence-corrected chi connectivity index (χ2v) is 7.82. The van der Waals surface area contributed by atoms with Crippen LogP contribution in [0.15, 0.2) is 12.1 Å². The lowest BCUT2D eigenvalue weighted by Gasteiger charge is -2.47. The lowest BCUT2D eigenvalue weighted by atomic mass is 9.80. The average Bonchev–Trinajstić information content (AvgIpc) is 3.13. The molecule has 2 heterocycles. The van der Waals surface area contributed by atoms with Gasteiger partial charge in [-0.05, 0) is 63.9 Å². The number of halogens is 1. The molecule has 0 aliphatic carbocycles. The minimum Gasteiger partial charge on any atom is -0.312 e. The molecule has 4 heteroatoms. The molecule has 0 spiro atoms. The predicted molar refractivity (Wildman–Crippen MR) is 94.6 cm³/mol. The minimum atomic E-state index is 0.281. The van der Waals surface area contributed by atoms with Crippen LogP contribution in [0.2, 0.25) is 4.34 Å². The third kappa shape index (κ3) is 3.82. The lowest BCUT2D eigenvalue weighted by molar-refractivity contribution is 0.0629. The Kier molecular flexibility index (Phi) is 6.54. The molecular formula is C17H29ClN2S. The van der Waals surface area contributed by atoms with E-state index in [0.717, 1.165) is 17.3 Å². The Morgan fingerprint density at radius 1 is 1.24 bits per heavy atom. The van der Waals surface area contributed by atoms with Crippen LogP contribution < -0.4 is 5.32 Å². The summed E-state index contributed by atoms with van der Waals surface area (Å²) in [6.07, 6.45) is 6.21. The van der Waals surface area contributed by atoms with Crippen LogP contribution in [0.5, 0.6) is 0 Å². The molecule has 1 aliphatic heterocycles. The van der Waals surface area contributed by atoms with E-state index in [1.165, 1.54) is 43.6 Å². The first-order valence-corrected chi connectivity index (χ1v) is 9.58. The van der Waals surface area contributed by atoms with E-state index < -0.39 is 0 Å². The first-order valence-electron chi connectivity index (χ1n) is 8.39. The molecule has 1 aliphatic rings. The zero-order valence-corrected chi connectivity index (χ0v) is 15.2. The van der Waals surface area contributed by atoms with Gasteiger partial charge in [0, 0.05) is 16.5 Å². The molecule has 120 valence electrons. The molecule has 21 heavy (non-hydrogen) atoms. The first-order chi connectivity index (χ1) is 10.2. The van der Waals surface area contributed by atoms with Gasteiger partial charge in [0.15, 0.2) is 0 Å². The van der Waals surface area contributed by atoms with Crippen molar-refractivity contribution in [2.45, 2.75) is 64.5 Å². The van der Waals surface area contributed by atoms with Gasteiger partial charge in [-0.1, -0.05) is 32.4 Å². The van der Waals surface area contributed by atoms with E-state index >= 15 is 0 Å². The molecular weight excluding hydrogens is 300 g/mol. The van der Waals surface area contributed by atoms with Crippen LogP contribution in [0.25, 0.3) is 0 Å². The van der Waals surface area contributed by atoms with Crippen molar-refractivity contribution in [3.63, 3.8) is 0 Å². The van der Waals surface area contributed by atoms with E-state index in [9.17, 15) is 0 Å². The number of hydrogen-bond acceptors (Lipinski definition) is 3. The standard InChI is InChI=1S/C17H29ClN2S/c1-4-17(5-2,20-11-7-8-12-20)15(19-6-3)13-14-9-10-16(18)21-14/h9-10,15,19H,4-8,11-13H2,1-3H3. The average molecular weight is 329 g/mol. The fourth-order valence-corrected chi connectivity index (χ4v) is 5.07. The fourth-order valence-electron chi connectivity index (χ4n) is 3.93. The molecule has 1 fully saturated rings. The Bertz CT molecular complexity index is 422. The number of thiophene rings is 1. The summed E-state index contributed by atoms with van der Waals surface area (Å²) in [4.78, 5) is 4.15. The highest BCUT2D eigenvalue weighted by molar-refractivity contribution is 7.16. The minimum absolute atomic E-state index is 0.281. The van der Waals surface area contributed by atoms with E-state index in [1.807, 2.05) is 6.07 Å². The third-order valence-corrected chi connectivity index (χ3v) is 6.35. The van der Waals surface area contributed by atoms with Gasteiger partial charge >= 0.3 is 0 Å². The maximum absolute atomic E-state index is 6.12. The topological polar surface area (TPSA) is 15.3 Å². The number of likely N-dealkylation sites (tertiary alicyclic amines) is 1. The summed E-state index contributed by atoms with van der Waals surface area (Å²) in [7, 11) is 0. The first kappa shape index (κ1) is 17.3. The van der Waals surface area contributed by atoms with Gasteiger partial charge in [0.25, 0.3) is 0 Å². The molecule has 1 atom stereocenters. The summed E-state index contributed by atoms with van der Waals surface area (Å²) < 4.78 is 0.903. The second-order valence-electron chi connectivity index (χ2n) is 6.03. The summed E-state index contributed by atoms with van der Waals surface area (Å²) >= 11 is 7.85. The summed E-state index contributed by atoms with van der Waals surface area (Å²) in [5.74, 6) is 0. The number of hydrogen-bond donors (Lipinski definition) is 1. The monoisotopic (exact) mass is 328 g/mol. The Balaban J connectivity index is 2.22. The van der Waals surface area contributed by atoms with Crippen molar-refractivity contribution in [1.82, 2.24) is 10.2 Å². The third-order valence-electron chi connectivity index (χ3n) is 5.09. The highest BCUT2D eigenvalue weighted by Gasteiger charge is 2.41. The highest BCUT2D eigenvalue weighted by Crippen LogP contribution is 2.34. The molecule has 1 aromatic rings. The van der Waals surface area contributed by atoms with Gasteiger partial charge in [-0.15, -0.1) is 11.3 Å². The van der Waals surface area contributed by atoms with Crippen molar-refractivity contribution in [2.75, 3.05) is 19.6 Å². The van der Waals surface area contributed by atoms with Crippen LogP contribution in [0.3, 0.4) is 0 Å². The van der Waals surface area contributed by atoms with Crippen molar-refractivity contribution in [2.24, 2.45) is 0 Å². The Labute approximate surface area is 138 Å². The van der Waals surface area contributed by atoms with Crippen LogP contribution in [0.4, 0.5) is 0 Å². The molecule has 1 unspecified atom stereocenters. The lowest BCUT2D eigenvalue weighted by Crippen LogP contribution is -2.60. The van der Waals surface area contributed by atoms with Crippen LogP contribution in [0.1, 0.15) is 51.3 Å². The van der Waals surface area contributed by atoms with Crippen molar-refractivity contribution < 1.29 is 0 Å². The number of rotatable bonds is 8. The highest BCUT2D eigenvalue weighted by atomic mass is 35.5. The van der Waals surface area contributed by atoms with Crippen molar-refractivity contribution in [3.05, 3.63) is 21.3 Å². The number of nitrogens with zero attached hydrogens (tertiary/aromatic N) is 1. The molecule has 0 amide bonds. The van der Waals surface area contributed by atoms with Crippen LogP contribution in [0, 0.1) is 0 Å². The zero-order valence-electron chi connectivity index (χ0n) is 13.6. The Hall–Kier alpha value is -0.0900. The van der Waals surface area contributed by atoms with Crippen molar-refractivity contribution in [1.29, 1.82) is 0 Å². The van der Waals surface area contributed by atoms with E-state index in [-0.39, 0.29) is 5.54 Å². The fraction of sp³-hybridized carbons (Fsp3) is 0.765. The van der Waals surface area contributed by atoms with Crippen LogP contribution in [-0.4, -0.2) is 36.1 Å². The zero-order chi connectivity index (χ0) is 15.3. The van der Waals surface area contributed by atoms with Crippen molar-refractivity contribution in [3.8, 4) is 0 Å². The largest absolute Gasteiger partial charge is 0.312 e. The van der Waals surface area contributed by atoms with Crippen LogP contribution >= 0.6 is 22.9 Å². The molecule has 0 aromatic carbocycles. The molecule has 1 aromatic heterocycles. The quantitative estimate of drug-likeness (QED) is 0.751. The van der Waals surface area contributed by atoms with Gasteiger partial charge in [0.1, 0.15) is 0 Å². The van der Waals surface area contributed by atoms with Crippen LogP contribution in [-0.2, 0) is 6.42 Å². The number of likely N-dealkylation sites (N-methyl/N-ethyl adjacent to an activating group) is 1. The summed E-state index contributed by atoms with van der Waals surface area (Å²) in [5.41, 5.74) is 0.281. The van der Waals surface area contributed by atoms with Gasteiger partial charge < -0.3 is 5.32 Å². The van der Waals surface area contributed by atoms with Gasteiger partial charge in [-0.2, -0.15) is 0 Å². The summed E-state index contributed by atoms with van der Waals surface area (Å²) in [6, 6.07) is 4.72. The maximum atomic E-state index is 6.12. The van der Waals surface area contributed by atoms with E-state index in [1.54, 1.807) is 11.3 Å². The van der Waals surface area contributed by atoms with E-state index in [4.69, 9.17) is 11.6 Å². The molecule has 0 bridgehead atoms. The van der Waals surface area contributed by atoms with E-state index in [2.05, 4.69) is 37.1 Å². The summed E-state index contributed by atoms with van der Waals surface area (Å²) in [6.45, 7) is 10.5. The second kappa shape index (κ2) is 7.96. The SMILES string of the molecule is CCNC(Cc1ccc(Cl)s1)C(CC)(CC)N1CCCC1. The molecule has 0 radical (unpaired) electrons. The normalized spacial score (nSPS) is 18.3. The Morgan fingerprint density at radius 3 is 2.38 bits per heavy atom. The van der Waals surface area contributed by atoms with E-state index in [0.29, 0.717) is 6.04 Å². The summed E-state index contributed by atoms with van der Waals surface area (Å²) in [5, 5.41) is 3.78. The molecule has 2 rings (SSSR count). The van der Waals surface area contributed by atoms with Gasteiger partial charge in [-0.25, -0.2) is 0 Å². The predicted octanol–water partition coefficient (Wildman–Crippen LogP) is 4.58. The van der Waals surface area contributed by atoms with Gasteiger partial charge in [0.05, 0.1) is 4.34 Å².